The summed E-state index contributed by atoms with van der Waals surface area (Å²) in [4.78, 5) is 20.8. The molecular weight excluding hydrogens is 206 g/mol. The average Bonchev–Trinajstić information content (AvgIpc) is 2.27. The smallest absolute Gasteiger partial charge is 0.404 e. The molecule has 0 bridgehead atoms. The quantitative estimate of drug-likeness (QED) is 0.720. The molecule has 1 aromatic carbocycles. The van der Waals surface area contributed by atoms with E-state index >= 15 is 0 Å². The molecule has 0 aliphatic carbocycles. The van der Waals surface area contributed by atoms with Gasteiger partial charge in [-0.25, -0.2) is 4.79 Å². The molecular formula is C12H15NO3. The zero-order valence-electron chi connectivity index (χ0n) is 8.93. The van der Waals surface area contributed by atoms with Gasteiger partial charge in [-0.3, -0.25) is 0 Å². The first-order valence-corrected chi connectivity index (χ1v) is 5.19. The number of aryl methyl sites for hydroxylation is 1. The van der Waals surface area contributed by atoms with Crippen molar-refractivity contribution >= 4 is 12.4 Å². The van der Waals surface area contributed by atoms with Crippen LogP contribution >= 0.6 is 0 Å². The van der Waals surface area contributed by atoms with Crippen molar-refractivity contribution in [3.63, 3.8) is 0 Å². The monoisotopic (exact) mass is 221 g/mol. The van der Waals surface area contributed by atoms with Gasteiger partial charge < -0.3 is 15.2 Å². The number of rotatable bonds is 6. The largest absolute Gasteiger partial charge is 0.465 e. The van der Waals surface area contributed by atoms with E-state index in [1.165, 1.54) is 0 Å². The highest BCUT2D eigenvalue weighted by molar-refractivity contribution is 5.65. The normalized spacial score (nSPS) is 11.8. The first kappa shape index (κ1) is 12.2. The van der Waals surface area contributed by atoms with E-state index in [9.17, 15) is 9.59 Å². The molecule has 86 valence electrons. The minimum absolute atomic E-state index is 0.221. The van der Waals surface area contributed by atoms with Crippen LogP contribution in [0.1, 0.15) is 18.4 Å². The average molecular weight is 221 g/mol. The van der Waals surface area contributed by atoms with Crippen LogP contribution < -0.4 is 5.32 Å². The third-order valence-electron chi connectivity index (χ3n) is 2.33. The summed E-state index contributed by atoms with van der Waals surface area (Å²) < 4.78 is 0. The third kappa shape index (κ3) is 4.59. The molecule has 1 atom stereocenters. The highest BCUT2D eigenvalue weighted by Crippen LogP contribution is 2.06. The Kier molecular flexibility index (Phi) is 5.05. The number of carboxylic acid groups (broad SMARTS) is 1. The van der Waals surface area contributed by atoms with Gasteiger partial charge in [0.15, 0.2) is 0 Å². The number of carbonyl (C=O) groups excluding carboxylic acids is 1. The zero-order valence-corrected chi connectivity index (χ0v) is 8.93. The Hall–Kier alpha value is -1.84. The second-order valence-corrected chi connectivity index (χ2v) is 3.57. The molecule has 0 fully saturated rings. The van der Waals surface area contributed by atoms with Gasteiger partial charge >= 0.3 is 6.09 Å². The number of nitrogens with one attached hydrogen (secondary N) is 1. The summed E-state index contributed by atoms with van der Waals surface area (Å²) in [6, 6.07) is 9.48. The van der Waals surface area contributed by atoms with Gasteiger partial charge in [-0.15, -0.1) is 0 Å². The topological polar surface area (TPSA) is 66.4 Å². The standard InChI is InChI=1S/C12H15NO3/c14-9-8-11(13-12(15)16)7-6-10-4-2-1-3-5-10/h1-5,9,11,13H,6-8H2,(H,15,16)/t11-/m1/s1. The molecule has 1 aromatic rings. The van der Waals surface area contributed by atoms with Crippen LogP contribution in [0.15, 0.2) is 30.3 Å². The number of benzene rings is 1. The summed E-state index contributed by atoms with van der Waals surface area (Å²) in [5.41, 5.74) is 1.14. The van der Waals surface area contributed by atoms with E-state index in [-0.39, 0.29) is 12.5 Å². The van der Waals surface area contributed by atoms with Crippen LogP contribution in [0.25, 0.3) is 0 Å². The van der Waals surface area contributed by atoms with E-state index in [1.54, 1.807) is 0 Å². The van der Waals surface area contributed by atoms with Gasteiger partial charge in [-0.05, 0) is 18.4 Å². The van der Waals surface area contributed by atoms with Crippen LogP contribution in [0.5, 0.6) is 0 Å². The Morgan fingerprint density at radius 3 is 2.62 bits per heavy atom. The van der Waals surface area contributed by atoms with Crippen molar-refractivity contribution in [3.05, 3.63) is 35.9 Å². The fourth-order valence-corrected chi connectivity index (χ4v) is 1.53. The van der Waals surface area contributed by atoms with Crippen LogP contribution in [-0.4, -0.2) is 23.5 Å². The van der Waals surface area contributed by atoms with Crippen molar-refractivity contribution in [3.8, 4) is 0 Å². The molecule has 0 unspecified atom stereocenters. The van der Waals surface area contributed by atoms with Gasteiger partial charge in [0, 0.05) is 12.5 Å². The van der Waals surface area contributed by atoms with Crippen molar-refractivity contribution in [2.24, 2.45) is 0 Å². The van der Waals surface area contributed by atoms with Crippen molar-refractivity contribution < 1.29 is 14.7 Å². The van der Waals surface area contributed by atoms with E-state index in [1.807, 2.05) is 30.3 Å². The number of amides is 1. The van der Waals surface area contributed by atoms with Crippen LogP contribution in [0.3, 0.4) is 0 Å². The number of carbonyl (C=O) groups is 2. The fourth-order valence-electron chi connectivity index (χ4n) is 1.53. The number of aldehydes is 1. The lowest BCUT2D eigenvalue weighted by Crippen LogP contribution is -2.34. The summed E-state index contributed by atoms with van der Waals surface area (Å²) in [6.45, 7) is 0. The molecule has 0 radical (unpaired) electrons. The molecule has 1 rings (SSSR count). The minimum atomic E-state index is -1.08. The Bertz CT molecular complexity index is 337. The maximum Gasteiger partial charge on any atom is 0.404 e. The highest BCUT2D eigenvalue weighted by atomic mass is 16.4. The van der Waals surface area contributed by atoms with Crippen molar-refractivity contribution in [2.45, 2.75) is 25.3 Å². The Balaban J connectivity index is 2.43. The SMILES string of the molecule is O=CC[C@@H](CCc1ccccc1)NC(=O)O. The first-order chi connectivity index (χ1) is 7.72. The van der Waals surface area contributed by atoms with E-state index in [0.29, 0.717) is 6.42 Å². The molecule has 1 amide bonds. The predicted molar refractivity (Wildman–Crippen MR) is 60.4 cm³/mol. The molecule has 0 saturated carbocycles. The van der Waals surface area contributed by atoms with Gasteiger partial charge in [0.1, 0.15) is 6.29 Å². The summed E-state index contributed by atoms with van der Waals surface area (Å²) in [5, 5.41) is 10.9. The Morgan fingerprint density at radius 2 is 2.06 bits per heavy atom. The van der Waals surface area contributed by atoms with Gasteiger partial charge in [-0.1, -0.05) is 30.3 Å². The molecule has 0 spiro atoms. The highest BCUT2D eigenvalue weighted by Gasteiger charge is 2.10. The van der Waals surface area contributed by atoms with Crippen LogP contribution in [0, 0.1) is 0 Å². The van der Waals surface area contributed by atoms with Crippen LogP contribution in [-0.2, 0) is 11.2 Å². The molecule has 0 aliphatic heterocycles. The lowest BCUT2D eigenvalue weighted by atomic mass is 10.0. The molecule has 2 N–H and O–H groups in total. The van der Waals surface area contributed by atoms with E-state index < -0.39 is 6.09 Å². The van der Waals surface area contributed by atoms with Crippen molar-refractivity contribution in [1.82, 2.24) is 5.32 Å². The zero-order chi connectivity index (χ0) is 11.8. The van der Waals surface area contributed by atoms with Gasteiger partial charge in [0.2, 0.25) is 0 Å². The van der Waals surface area contributed by atoms with Gasteiger partial charge in [0.25, 0.3) is 0 Å². The molecule has 16 heavy (non-hydrogen) atoms. The van der Waals surface area contributed by atoms with E-state index in [4.69, 9.17) is 5.11 Å². The van der Waals surface area contributed by atoms with Gasteiger partial charge in [0.05, 0.1) is 0 Å². The molecule has 4 nitrogen and oxygen atoms in total. The molecule has 0 aliphatic rings. The number of hydrogen-bond acceptors (Lipinski definition) is 2. The Labute approximate surface area is 94.3 Å². The molecule has 4 heteroatoms. The lowest BCUT2D eigenvalue weighted by Gasteiger charge is -2.13. The molecule has 0 saturated heterocycles. The summed E-state index contributed by atoms with van der Waals surface area (Å²) in [5.74, 6) is 0. The molecule has 0 heterocycles. The summed E-state index contributed by atoms with van der Waals surface area (Å²) >= 11 is 0. The summed E-state index contributed by atoms with van der Waals surface area (Å²) in [6.07, 6.45) is 1.28. The summed E-state index contributed by atoms with van der Waals surface area (Å²) in [7, 11) is 0. The third-order valence-corrected chi connectivity index (χ3v) is 2.33. The maximum atomic E-state index is 10.5. The van der Waals surface area contributed by atoms with Crippen molar-refractivity contribution in [1.29, 1.82) is 0 Å². The predicted octanol–water partition coefficient (Wildman–Crippen LogP) is 1.84. The maximum absolute atomic E-state index is 10.5. The van der Waals surface area contributed by atoms with E-state index in [0.717, 1.165) is 18.3 Å². The van der Waals surface area contributed by atoms with Gasteiger partial charge in [-0.2, -0.15) is 0 Å². The molecule has 0 aromatic heterocycles. The second-order valence-electron chi connectivity index (χ2n) is 3.57. The number of hydrogen-bond donors (Lipinski definition) is 2. The van der Waals surface area contributed by atoms with Crippen LogP contribution in [0.2, 0.25) is 0 Å². The minimum Gasteiger partial charge on any atom is -0.465 e. The second kappa shape index (κ2) is 6.61. The van der Waals surface area contributed by atoms with E-state index in [2.05, 4.69) is 5.32 Å². The lowest BCUT2D eigenvalue weighted by molar-refractivity contribution is -0.108. The fraction of sp³-hybridized carbons (Fsp3) is 0.333. The first-order valence-electron chi connectivity index (χ1n) is 5.19. The Morgan fingerprint density at radius 1 is 1.38 bits per heavy atom. The van der Waals surface area contributed by atoms with Crippen molar-refractivity contribution in [2.75, 3.05) is 0 Å². The van der Waals surface area contributed by atoms with Crippen LogP contribution in [0.4, 0.5) is 4.79 Å².